The SMILES string of the molecule is COc1cccc2c(C)cc(C(C)CN)nc12. The van der Waals surface area contributed by atoms with Gasteiger partial charge < -0.3 is 10.5 Å². The number of aromatic nitrogens is 1. The monoisotopic (exact) mass is 230 g/mol. The highest BCUT2D eigenvalue weighted by molar-refractivity contribution is 5.87. The van der Waals surface area contributed by atoms with Crippen LogP contribution in [0.4, 0.5) is 0 Å². The Kier molecular flexibility index (Phi) is 3.29. The number of fused-ring (bicyclic) bond motifs is 1. The number of methoxy groups -OCH3 is 1. The van der Waals surface area contributed by atoms with Crippen LogP contribution in [-0.4, -0.2) is 18.6 Å². The predicted molar refractivity (Wildman–Crippen MR) is 70.5 cm³/mol. The van der Waals surface area contributed by atoms with Gasteiger partial charge in [0, 0.05) is 23.5 Å². The van der Waals surface area contributed by atoms with Crippen LogP contribution in [0.1, 0.15) is 24.1 Å². The van der Waals surface area contributed by atoms with Crippen molar-refractivity contribution in [3.63, 3.8) is 0 Å². The molecule has 3 heteroatoms. The summed E-state index contributed by atoms with van der Waals surface area (Å²) in [5.41, 5.74) is 8.86. The van der Waals surface area contributed by atoms with Crippen LogP contribution in [0.2, 0.25) is 0 Å². The van der Waals surface area contributed by atoms with Gasteiger partial charge in [-0.25, -0.2) is 4.98 Å². The van der Waals surface area contributed by atoms with Crippen molar-refractivity contribution in [2.75, 3.05) is 13.7 Å². The maximum atomic E-state index is 5.70. The Balaban J connectivity index is 2.69. The van der Waals surface area contributed by atoms with Crippen molar-refractivity contribution < 1.29 is 4.74 Å². The number of pyridine rings is 1. The van der Waals surface area contributed by atoms with Crippen molar-refractivity contribution >= 4 is 10.9 Å². The largest absolute Gasteiger partial charge is 0.494 e. The Bertz CT molecular complexity index is 537. The van der Waals surface area contributed by atoms with Gasteiger partial charge in [-0.1, -0.05) is 19.1 Å². The average Bonchev–Trinajstić information content (AvgIpc) is 2.37. The van der Waals surface area contributed by atoms with Gasteiger partial charge in [-0.2, -0.15) is 0 Å². The molecular formula is C14H18N2O. The third-order valence-electron chi connectivity index (χ3n) is 3.11. The molecule has 0 radical (unpaired) electrons. The average molecular weight is 230 g/mol. The molecule has 1 atom stereocenters. The molecule has 2 rings (SSSR count). The summed E-state index contributed by atoms with van der Waals surface area (Å²) in [6.07, 6.45) is 0. The standard InChI is InChI=1S/C14H18N2O/c1-9-7-12(10(2)8-15)16-14-11(9)5-4-6-13(14)17-3/h4-7,10H,8,15H2,1-3H3. The van der Waals surface area contributed by atoms with Crippen LogP contribution in [0.15, 0.2) is 24.3 Å². The van der Waals surface area contributed by atoms with E-state index in [-0.39, 0.29) is 5.92 Å². The molecule has 3 nitrogen and oxygen atoms in total. The highest BCUT2D eigenvalue weighted by Crippen LogP contribution is 2.28. The van der Waals surface area contributed by atoms with Crippen LogP contribution in [0.25, 0.3) is 10.9 Å². The highest BCUT2D eigenvalue weighted by Gasteiger charge is 2.10. The summed E-state index contributed by atoms with van der Waals surface area (Å²) in [6.45, 7) is 4.78. The van der Waals surface area contributed by atoms with E-state index in [1.165, 1.54) is 5.56 Å². The van der Waals surface area contributed by atoms with Crippen molar-refractivity contribution in [1.82, 2.24) is 4.98 Å². The number of benzene rings is 1. The molecule has 0 saturated carbocycles. The Morgan fingerprint density at radius 1 is 1.41 bits per heavy atom. The van der Waals surface area contributed by atoms with E-state index in [0.717, 1.165) is 22.3 Å². The number of nitrogens with zero attached hydrogens (tertiary/aromatic N) is 1. The smallest absolute Gasteiger partial charge is 0.145 e. The summed E-state index contributed by atoms with van der Waals surface area (Å²) < 4.78 is 5.36. The van der Waals surface area contributed by atoms with E-state index in [1.807, 2.05) is 12.1 Å². The molecule has 0 bridgehead atoms. The topological polar surface area (TPSA) is 48.1 Å². The normalized spacial score (nSPS) is 12.7. The van der Waals surface area contributed by atoms with Crippen LogP contribution in [0, 0.1) is 6.92 Å². The molecule has 0 amide bonds. The van der Waals surface area contributed by atoms with Gasteiger partial charge in [0.2, 0.25) is 0 Å². The second-order valence-electron chi connectivity index (χ2n) is 4.36. The molecule has 0 aliphatic carbocycles. The fourth-order valence-electron chi connectivity index (χ4n) is 1.95. The Hall–Kier alpha value is -1.61. The minimum Gasteiger partial charge on any atom is -0.494 e. The Morgan fingerprint density at radius 2 is 2.18 bits per heavy atom. The minimum absolute atomic E-state index is 0.267. The number of nitrogens with two attached hydrogens (primary N) is 1. The van der Waals surface area contributed by atoms with E-state index < -0.39 is 0 Å². The zero-order valence-corrected chi connectivity index (χ0v) is 10.5. The lowest BCUT2D eigenvalue weighted by Gasteiger charge is -2.13. The molecule has 0 aliphatic heterocycles. The van der Waals surface area contributed by atoms with E-state index >= 15 is 0 Å². The van der Waals surface area contributed by atoms with E-state index in [0.29, 0.717) is 6.54 Å². The van der Waals surface area contributed by atoms with Gasteiger partial charge in [0.25, 0.3) is 0 Å². The van der Waals surface area contributed by atoms with Crippen molar-refractivity contribution in [3.05, 3.63) is 35.5 Å². The molecule has 1 aromatic heterocycles. The first-order valence-electron chi connectivity index (χ1n) is 5.81. The number of hydrogen-bond acceptors (Lipinski definition) is 3. The molecule has 0 spiro atoms. The number of aryl methyl sites for hydroxylation is 1. The first-order chi connectivity index (χ1) is 8.17. The molecule has 1 heterocycles. The molecule has 0 saturated heterocycles. The zero-order chi connectivity index (χ0) is 12.4. The molecular weight excluding hydrogens is 212 g/mol. The second-order valence-corrected chi connectivity index (χ2v) is 4.36. The number of hydrogen-bond donors (Lipinski definition) is 1. The number of rotatable bonds is 3. The lowest BCUT2D eigenvalue weighted by atomic mass is 10.0. The van der Waals surface area contributed by atoms with Crippen LogP contribution < -0.4 is 10.5 Å². The predicted octanol–water partition coefficient (Wildman–Crippen LogP) is 2.61. The van der Waals surface area contributed by atoms with Crippen LogP contribution in [0.5, 0.6) is 5.75 Å². The van der Waals surface area contributed by atoms with Crippen LogP contribution >= 0.6 is 0 Å². The van der Waals surface area contributed by atoms with Gasteiger partial charge in [0.05, 0.1) is 7.11 Å². The highest BCUT2D eigenvalue weighted by atomic mass is 16.5. The van der Waals surface area contributed by atoms with Gasteiger partial charge in [-0.05, 0) is 24.6 Å². The summed E-state index contributed by atoms with van der Waals surface area (Å²) in [7, 11) is 1.67. The van der Waals surface area contributed by atoms with Crippen molar-refractivity contribution in [3.8, 4) is 5.75 Å². The van der Waals surface area contributed by atoms with Gasteiger partial charge in [-0.3, -0.25) is 0 Å². The van der Waals surface area contributed by atoms with Gasteiger partial charge in [-0.15, -0.1) is 0 Å². The third kappa shape index (κ3) is 2.11. The molecule has 1 unspecified atom stereocenters. The molecule has 0 aliphatic rings. The molecule has 1 aromatic carbocycles. The first kappa shape index (κ1) is 11.9. The van der Waals surface area contributed by atoms with E-state index in [9.17, 15) is 0 Å². The molecule has 17 heavy (non-hydrogen) atoms. The number of para-hydroxylation sites is 1. The summed E-state index contributed by atoms with van der Waals surface area (Å²) >= 11 is 0. The lowest BCUT2D eigenvalue weighted by Crippen LogP contribution is -2.10. The zero-order valence-electron chi connectivity index (χ0n) is 10.5. The van der Waals surface area contributed by atoms with Gasteiger partial charge >= 0.3 is 0 Å². The summed E-state index contributed by atoms with van der Waals surface area (Å²) in [4.78, 5) is 4.67. The summed E-state index contributed by atoms with van der Waals surface area (Å²) in [5.74, 6) is 1.08. The van der Waals surface area contributed by atoms with E-state index in [2.05, 4.69) is 31.0 Å². The quantitative estimate of drug-likeness (QED) is 0.881. The minimum atomic E-state index is 0.267. The van der Waals surface area contributed by atoms with Gasteiger partial charge in [0.1, 0.15) is 11.3 Å². The van der Waals surface area contributed by atoms with Crippen molar-refractivity contribution in [1.29, 1.82) is 0 Å². The molecule has 90 valence electrons. The van der Waals surface area contributed by atoms with Crippen LogP contribution in [0.3, 0.4) is 0 Å². The van der Waals surface area contributed by atoms with Crippen LogP contribution in [-0.2, 0) is 0 Å². The van der Waals surface area contributed by atoms with E-state index in [4.69, 9.17) is 10.5 Å². The number of ether oxygens (including phenoxy) is 1. The summed E-state index contributed by atoms with van der Waals surface area (Å²) in [5, 5.41) is 1.14. The van der Waals surface area contributed by atoms with Crippen molar-refractivity contribution in [2.24, 2.45) is 5.73 Å². The van der Waals surface area contributed by atoms with Crippen molar-refractivity contribution in [2.45, 2.75) is 19.8 Å². The fourth-order valence-corrected chi connectivity index (χ4v) is 1.95. The van der Waals surface area contributed by atoms with Gasteiger partial charge in [0.15, 0.2) is 0 Å². The van der Waals surface area contributed by atoms with E-state index in [1.54, 1.807) is 7.11 Å². The molecule has 2 aromatic rings. The second kappa shape index (κ2) is 4.72. The lowest BCUT2D eigenvalue weighted by molar-refractivity contribution is 0.418. The maximum Gasteiger partial charge on any atom is 0.145 e. The Morgan fingerprint density at radius 3 is 2.82 bits per heavy atom. The third-order valence-corrected chi connectivity index (χ3v) is 3.11. The molecule has 2 N–H and O–H groups in total. The fraction of sp³-hybridized carbons (Fsp3) is 0.357. The summed E-state index contributed by atoms with van der Waals surface area (Å²) in [6, 6.07) is 8.10. The molecule has 0 fully saturated rings. The Labute approximate surface area is 102 Å². The first-order valence-corrected chi connectivity index (χ1v) is 5.81. The maximum absolute atomic E-state index is 5.70.